The first-order valence-electron chi connectivity index (χ1n) is 12.3. The molecule has 5 rings (SSSR count). The van der Waals surface area contributed by atoms with Gasteiger partial charge in [0.2, 0.25) is 0 Å². The van der Waals surface area contributed by atoms with Gasteiger partial charge in [-0.15, -0.1) is 0 Å². The van der Waals surface area contributed by atoms with E-state index in [1.807, 2.05) is 24.4 Å². The molecule has 0 spiro atoms. The fourth-order valence-electron chi connectivity index (χ4n) is 5.29. The highest BCUT2D eigenvalue weighted by molar-refractivity contribution is 5.90. The van der Waals surface area contributed by atoms with Crippen LogP contribution < -0.4 is 10.2 Å². The summed E-state index contributed by atoms with van der Waals surface area (Å²) in [4.78, 5) is 20.7. The van der Waals surface area contributed by atoms with Crippen molar-refractivity contribution in [3.8, 4) is 5.75 Å². The lowest BCUT2D eigenvalue weighted by Gasteiger charge is -2.30. The molecule has 1 aliphatic rings. The average Bonchev–Trinajstić information content (AvgIpc) is 3.62. The number of benzene rings is 2. The van der Waals surface area contributed by atoms with Crippen LogP contribution in [0.25, 0.3) is 17.0 Å². The summed E-state index contributed by atoms with van der Waals surface area (Å²) in [6.07, 6.45) is 10.2. The lowest BCUT2D eigenvalue weighted by molar-refractivity contribution is -0.124. The maximum atomic E-state index is 11.4. The predicted molar refractivity (Wildman–Crippen MR) is 141 cm³/mol. The third-order valence-corrected chi connectivity index (χ3v) is 7.27. The summed E-state index contributed by atoms with van der Waals surface area (Å²) >= 11 is 0. The second kappa shape index (κ2) is 10.4. The Kier molecular flexibility index (Phi) is 6.93. The summed E-state index contributed by atoms with van der Waals surface area (Å²) in [6.45, 7) is 3.95. The molecular formula is C29H32N4O3. The van der Waals surface area contributed by atoms with Crippen molar-refractivity contribution in [2.45, 2.75) is 38.8 Å². The van der Waals surface area contributed by atoms with E-state index in [0.717, 1.165) is 49.2 Å². The smallest absolute Gasteiger partial charge is 0.267 e. The van der Waals surface area contributed by atoms with Crippen molar-refractivity contribution in [2.24, 2.45) is 0 Å². The number of rotatable bonds is 9. The monoisotopic (exact) mass is 484 g/mol. The number of carbonyl (C=O) groups is 1. The van der Waals surface area contributed by atoms with Crippen LogP contribution in [0.5, 0.6) is 5.75 Å². The molecule has 0 bridgehead atoms. The number of fused-ring (bicyclic) bond motifs is 2. The fourth-order valence-corrected chi connectivity index (χ4v) is 5.29. The van der Waals surface area contributed by atoms with E-state index in [1.165, 1.54) is 39.4 Å². The number of carbonyl (C=O) groups excluding carboxylic acids is 1. The third-order valence-electron chi connectivity index (χ3n) is 7.27. The molecule has 0 aliphatic heterocycles. The Labute approximate surface area is 210 Å². The maximum Gasteiger partial charge on any atom is 0.267 e. The highest BCUT2D eigenvalue weighted by atomic mass is 16.5. The fraction of sp³-hybridized carbons (Fsp3) is 0.276. The summed E-state index contributed by atoms with van der Waals surface area (Å²) in [5.74, 6) is 0.325. The number of hydroxylamine groups is 1. The van der Waals surface area contributed by atoms with E-state index in [0.29, 0.717) is 6.04 Å². The topological polar surface area (TPSA) is 93.4 Å². The van der Waals surface area contributed by atoms with Gasteiger partial charge in [-0.3, -0.25) is 14.9 Å². The van der Waals surface area contributed by atoms with Crippen molar-refractivity contribution in [1.29, 1.82) is 0 Å². The van der Waals surface area contributed by atoms with E-state index in [2.05, 4.69) is 52.3 Å². The number of H-pyrrole nitrogens is 2. The Morgan fingerprint density at radius 3 is 2.86 bits per heavy atom. The Morgan fingerprint density at radius 2 is 2.08 bits per heavy atom. The first-order valence-corrected chi connectivity index (χ1v) is 12.3. The van der Waals surface area contributed by atoms with Gasteiger partial charge in [-0.25, -0.2) is 5.48 Å². The molecule has 2 aromatic carbocycles. The molecule has 2 aromatic heterocycles. The zero-order chi connectivity index (χ0) is 25.1. The number of nitrogens with zero attached hydrogens (tertiary/aromatic N) is 1. The van der Waals surface area contributed by atoms with E-state index in [4.69, 9.17) is 9.94 Å². The van der Waals surface area contributed by atoms with Gasteiger partial charge in [0.15, 0.2) is 0 Å². The molecule has 2 heterocycles. The van der Waals surface area contributed by atoms with Gasteiger partial charge in [-0.05, 0) is 78.3 Å². The molecule has 1 unspecified atom stereocenters. The number of aryl methyl sites for hydroxylation is 2. The lowest BCUT2D eigenvalue weighted by Crippen LogP contribution is -2.29. The molecule has 0 fully saturated rings. The van der Waals surface area contributed by atoms with Crippen molar-refractivity contribution in [3.63, 3.8) is 0 Å². The van der Waals surface area contributed by atoms with Crippen LogP contribution in [0.15, 0.2) is 60.9 Å². The molecule has 1 atom stereocenters. The van der Waals surface area contributed by atoms with Crippen LogP contribution in [0.4, 0.5) is 0 Å². The molecule has 1 amide bonds. The molecule has 1 aliphatic carbocycles. The lowest BCUT2D eigenvalue weighted by atomic mass is 10.0. The average molecular weight is 485 g/mol. The summed E-state index contributed by atoms with van der Waals surface area (Å²) in [5.41, 5.74) is 10.2. The van der Waals surface area contributed by atoms with Gasteiger partial charge in [0, 0.05) is 60.3 Å². The van der Waals surface area contributed by atoms with Crippen molar-refractivity contribution in [1.82, 2.24) is 20.3 Å². The van der Waals surface area contributed by atoms with E-state index in [1.54, 1.807) is 18.7 Å². The molecule has 0 radical (unpaired) electrons. The number of amides is 1. The van der Waals surface area contributed by atoms with Crippen LogP contribution in [0.2, 0.25) is 0 Å². The minimum absolute atomic E-state index is 0.332. The van der Waals surface area contributed by atoms with Crippen molar-refractivity contribution in [3.05, 3.63) is 94.4 Å². The molecule has 0 saturated carbocycles. The van der Waals surface area contributed by atoms with Gasteiger partial charge in [-0.1, -0.05) is 18.2 Å². The number of aromatic nitrogens is 2. The van der Waals surface area contributed by atoms with E-state index < -0.39 is 5.91 Å². The first kappa shape index (κ1) is 23.9. The highest BCUT2D eigenvalue weighted by Crippen LogP contribution is 2.38. The number of methoxy groups -OCH3 is 1. The van der Waals surface area contributed by atoms with E-state index in [9.17, 15) is 4.79 Å². The highest BCUT2D eigenvalue weighted by Gasteiger charge is 2.28. The van der Waals surface area contributed by atoms with Gasteiger partial charge in [0.25, 0.3) is 5.91 Å². The Bertz CT molecular complexity index is 1400. The number of aromatic amines is 2. The second-order valence-electron chi connectivity index (χ2n) is 9.40. The zero-order valence-electron chi connectivity index (χ0n) is 20.7. The number of hydrogen-bond acceptors (Lipinski definition) is 4. The van der Waals surface area contributed by atoms with Gasteiger partial charge >= 0.3 is 0 Å². The SMILES string of the molecule is COc1ccc2c(CCN(Cc3cc[nH]c3C)C3CCc4cc(/C=C/C(=O)NO)ccc43)c[nH]c2c1. The van der Waals surface area contributed by atoms with Crippen molar-refractivity contribution < 1.29 is 14.7 Å². The Morgan fingerprint density at radius 1 is 1.19 bits per heavy atom. The van der Waals surface area contributed by atoms with Crippen LogP contribution in [0.3, 0.4) is 0 Å². The molecule has 0 saturated heterocycles. The van der Waals surface area contributed by atoms with Gasteiger partial charge in [-0.2, -0.15) is 0 Å². The normalized spacial score (nSPS) is 15.2. The van der Waals surface area contributed by atoms with Crippen LogP contribution >= 0.6 is 0 Å². The van der Waals surface area contributed by atoms with E-state index >= 15 is 0 Å². The molecule has 186 valence electrons. The van der Waals surface area contributed by atoms with Crippen molar-refractivity contribution >= 4 is 22.9 Å². The quantitative estimate of drug-likeness (QED) is 0.152. The largest absolute Gasteiger partial charge is 0.497 e. The number of nitrogens with one attached hydrogen (secondary N) is 3. The number of hydrogen-bond donors (Lipinski definition) is 4. The third kappa shape index (κ3) is 4.94. The van der Waals surface area contributed by atoms with Crippen LogP contribution in [0.1, 0.15) is 46.0 Å². The molecule has 7 heteroatoms. The minimum Gasteiger partial charge on any atom is -0.497 e. The molecule has 4 N–H and O–H groups in total. The first-order chi connectivity index (χ1) is 17.6. The Balaban J connectivity index is 1.39. The maximum absolute atomic E-state index is 11.4. The summed E-state index contributed by atoms with van der Waals surface area (Å²) in [7, 11) is 1.69. The summed E-state index contributed by atoms with van der Waals surface area (Å²) < 4.78 is 5.38. The summed E-state index contributed by atoms with van der Waals surface area (Å²) in [6, 6.07) is 15.1. The number of ether oxygens (including phenoxy) is 1. The molecular weight excluding hydrogens is 452 g/mol. The molecule has 36 heavy (non-hydrogen) atoms. The molecule has 4 aromatic rings. The van der Waals surface area contributed by atoms with Gasteiger partial charge in [0.05, 0.1) is 7.11 Å². The van der Waals surface area contributed by atoms with Gasteiger partial charge < -0.3 is 14.7 Å². The molecule has 7 nitrogen and oxygen atoms in total. The predicted octanol–water partition coefficient (Wildman–Crippen LogP) is 5.06. The second-order valence-corrected chi connectivity index (χ2v) is 9.40. The van der Waals surface area contributed by atoms with Crippen molar-refractivity contribution in [2.75, 3.05) is 13.7 Å². The van der Waals surface area contributed by atoms with Crippen LogP contribution in [0, 0.1) is 6.92 Å². The van der Waals surface area contributed by atoms with Gasteiger partial charge in [0.1, 0.15) is 5.75 Å². The zero-order valence-corrected chi connectivity index (χ0v) is 20.7. The van der Waals surface area contributed by atoms with E-state index in [-0.39, 0.29) is 0 Å². The van der Waals surface area contributed by atoms with Crippen LogP contribution in [-0.2, 0) is 24.2 Å². The Hall–Kier alpha value is -3.81. The van der Waals surface area contributed by atoms with Crippen LogP contribution in [-0.4, -0.2) is 39.6 Å². The summed E-state index contributed by atoms with van der Waals surface area (Å²) in [5, 5.41) is 9.96. The minimum atomic E-state index is -0.530. The standard InChI is InChI=1S/C29H32N4O3/c1-19-23(11-13-30-19)18-33(14-12-22-17-31-27-16-24(36-2)6-8-25(22)27)28-9-5-21-15-20(3-7-26(21)28)4-10-29(34)32-35/h3-4,6-8,10-11,13,15-17,28,30-31,35H,5,9,12,14,18H2,1-2H3,(H,32,34)/b10-4+.